The van der Waals surface area contributed by atoms with Gasteiger partial charge in [-0.3, -0.25) is 73.6 Å². The van der Waals surface area contributed by atoms with E-state index in [0.717, 1.165) is 83.9 Å². The number of aryl methyl sites for hydroxylation is 2. The highest BCUT2D eigenvalue weighted by molar-refractivity contribution is 6.13. The third-order valence-corrected chi connectivity index (χ3v) is 20.8. The molecular weight excluding hydrogens is 1680 g/mol. The number of hydrogen-bond donors (Lipinski definition) is 15. The van der Waals surface area contributed by atoms with Gasteiger partial charge in [0.25, 0.3) is 29.5 Å². The van der Waals surface area contributed by atoms with Gasteiger partial charge < -0.3 is 73.4 Å². The van der Waals surface area contributed by atoms with Gasteiger partial charge in [0.05, 0.1) is 39.4 Å². The molecule has 2 atom stereocenters. The minimum Gasteiger partial charge on any atom is -0.378 e. The summed E-state index contributed by atoms with van der Waals surface area (Å²) in [7, 11) is 0. The van der Waals surface area contributed by atoms with E-state index in [2.05, 4.69) is 170 Å². The monoisotopic (exact) mass is 1820 g/mol. The standard InChI is InChI=1S/C17H23N3O.C16H19N3O2.C16H21N3O.C15H19N3O.C14H23N3O.C12H22N4O.C11H18N4O2/c1-11(2)13-5-7-15(8-6-13)20-17(21)14-9-16(18-10-14)19-12(3)4;1-10(2)18-15-8-13(9-17-15)16(21)19-14-6-4-5-12(7-14)11(3)20;1-4-12-5-7-14(8-6-12)19-16(20)13-9-15(17-10-13)18-11(2)3;1-10(2)16-15-9-13(17-18-15)14(19)8-12-6-4-11(3)5-7-12;1-9(2)16-13-7-11(8-15-13)14(18)17-12-5-4-10(3)6-12;1-5-9(6-2)14-12(17)10-7-11(16-15-10)13-8(3)4;1-8(2)12-10-7-9(13-14-10)11(16)15-3-5-17-6-4-15/h5-9,11-12H,10H2,1-4H3,(H,18,19)(H,20,21);4-8,10H,9H2,1-3H3,(H,17,18)(H,19,21);5-9,11H,4,10H2,1-3H3,(H,17,18)(H,19,20);4-7,9-10H,8H2,1-3H3,(H2,16,17,18);7,9-10,12H,4-6,8H2,1-3H3,(H,15,16)(H,17,18);7-9H,5-6H2,1-4H3,(H,14,17)(H2,13,15,16);7-8H,3-6H2,1-2H3,(H2,12,13,14)/t;;;;10-,12?;;/m....0../s1. The highest BCUT2D eigenvalue weighted by atomic mass is 16.5. The van der Waals surface area contributed by atoms with E-state index >= 15 is 0 Å². The van der Waals surface area contributed by atoms with Crippen LogP contribution in [0.2, 0.25) is 0 Å². The fourth-order valence-corrected chi connectivity index (χ4v) is 13.8. The second-order valence-corrected chi connectivity index (χ2v) is 36.0. The van der Waals surface area contributed by atoms with Gasteiger partial charge in [0.15, 0.2) is 11.6 Å². The van der Waals surface area contributed by atoms with Gasteiger partial charge in [0, 0.05) is 137 Å². The van der Waals surface area contributed by atoms with Gasteiger partial charge in [-0.25, -0.2) is 0 Å². The fraction of sp³-hybridized carbons (Fsp3) is 0.475. The van der Waals surface area contributed by atoms with Gasteiger partial charge in [0.2, 0.25) is 5.91 Å². The van der Waals surface area contributed by atoms with Crippen molar-refractivity contribution in [2.24, 2.45) is 25.9 Å². The average Bonchev–Trinajstić information content (AvgIpc) is 1.76. The third-order valence-electron chi connectivity index (χ3n) is 20.8. The molecule has 7 aromatic rings. The predicted molar refractivity (Wildman–Crippen MR) is 538 cm³/mol. The van der Waals surface area contributed by atoms with Crippen LogP contribution in [0.4, 0.5) is 34.5 Å². The number of amides is 6. The SMILES string of the molecule is CC(=O)c1cccc(NC(=O)C2=CC(NC(C)C)=NC2)c1.CC(C)NC1=NCC(C(=O)NC2CC[C@H](C)C2)=C1.CC(C)NC1=NCC(C(=O)Nc2ccc(C(C)C)cc2)=C1.CC(C)Nc1cc(C(=O)N2CCOCC2)[nH]n1.CCC(CC)NC(=O)c1cc(NC(C)C)n[nH]1.CCc1ccc(NC(=O)C2=CC(NC(C)C)=NC2)cc1.Cc1ccc(CC(=O)c2cc(NC(C)C)n[nH]2)cc1. The van der Waals surface area contributed by atoms with Gasteiger partial charge in [0.1, 0.15) is 57.9 Å². The van der Waals surface area contributed by atoms with Crippen LogP contribution >= 0.6 is 0 Å². The maximum Gasteiger partial charge on any atom is 0.272 e. The molecule has 32 heteroatoms. The first kappa shape index (κ1) is 107. The number of aromatic amines is 3. The van der Waals surface area contributed by atoms with E-state index in [0.29, 0.717) is 170 Å². The van der Waals surface area contributed by atoms with Crippen molar-refractivity contribution in [2.75, 3.05) is 84.4 Å². The Kier molecular flexibility index (Phi) is 43.9. The Morgan fingerprint density at radius 3 is 1.25 bits per heavy atom. The summed E-state index contributed by atoms with van der Waals surface area (Å²) in [6.45, 7) is 49.1. The molecule has 1 unspecified atom stereocenters. The number of Topliss-reactive ketones (excluding diaryl/α,β-unsaturated/α-hetero) is 2. The molecule has 133 heavy (non-hydrogen) atoms. The number of ether oxygens (including phenoxy) is 1. The first-order valence-corrected chi connectivity index (χ1v) is 46.6. The van der Waals surface area contributed by atoms with Crippen molar-refractivity contribution in [3.05, 3.63) is 207 Å². The number of morpholine rings is 1. The number of carbonyl (C=O) groups excluding carboxylic acids is 8. The summed E-state index contributed by atoms with van der Waals surface area (Å²) in [6, 6.07) is 38.8. The van der Waals surface area contributed by atoms with E-state index in [1.165, 1.54) is 30.0 Å². The molecule has 13 rings (SSSR count). The molecule has 0 radical (unpaired) electrons. The zero-order valence-electron chi connectivity index (χ0n) is 82.0. The Bertz CT molecular complexity index is 5200. The van der Waals surface area contributed by atoms with Crippen LogP contribution in [0.25, 0.3) is 0 Å². The smallest absolute Gasteiger partial charge is 0.272 e. The number of hydrogen-bond acceptors (Lipinski definition) is 23. The van der Waals surface area contributed by atoms with E-state index in [9.17, 15) is 38.4 Å². The van der Waals surface area contributed by atoms with Gasteiger partial charge in [-0.05, 0) is 239 Å². The van der Waals surface area contributed by atoms with Crippen LogP contribution in [-0.4, -0.2) is 213 Å². The molecule has 6 aliphatic rings. The number of anilines is 6. The molecule has 5 aliphatic heterocycles. The first-order chi connectivity index (χ1) is 63.3. The fourth-order valence-electron chi connectivity index (χ4n) is 13.8. The lowest BCUT2D eigenvalue weighted by Gasteiger charge is -2.26. The number of benzene rings is 4. The lowest BCUT2D eigenvalue weighted by atomic mass is 10.0. The Labute approximate surface area is 785 Å². The molecule has 32 nitrogen and oxygen atoms in total. The summed E-state index contributed by atoms with van der Waals surface area (Å²) in [6.07, 6.45) is 14.0. The molecule has 3 aromatic heterocycles. The van der Waals surface area contributed by atoms with Crippen LogP contribution < -0.4 is 63.8 Å². The maximum absolute atomic E-state index is 12.2. The molecule has 1 aliphatic carbocycles. The summed E-state index contributed by atoms with van der Waals surface area (Å²) in [5.74, 6) is 6.07. The molecule has 4 aromatic carbocycles. The van der Waals surface area contributed by atoms with Gasteiger partial charge in [-0.15, -0.1) is 0 Å². The highest BCUT2D eigenvalue weighted by Gasteiger charge is 2.27. The summed E-state index contributed by atoms with van der Waals surface area (Å²) < 4.78 is 5.21. The van der Waals surface area contributed by atoms with E-state index in [1.807, 2.05) is 181 Å². The lowest BCUT2D eigenvalue weighted by molar-refractivity contribution is -0.118. The summed E-state index contributed by atoms with van der Waals surface area (Å²) in [5, 5.41) is 57.4. The molecule has 1 saturated carbocycles. The summed E-state index contributed by atoms with van der Waals surface area (Å²) in [5.41, 5.74) is 11.9. The van der Waals surface area contributed by atoms with Crippen molar-refractivity contribution < 1.29 is 43.1 Å². The number of aromatic nitrogens is 6. The van der Waals surface area contributed by atoms with E-state index in [4.69, 9.17) is 4.74 Å². The van der Waals surface area contributed by atoms with E-state index in [-0.39, 0.29) is 59.1 Å². The Morgan fingerprint density at radius 2 is 0.842 bits per heavy atom. The van der Waals surface area contributed by atoms with Crippen LogP contribution in [0.15, 0.2) is 182 Å². The number of amidine groups is 4. The number of carbonyl (C=O) groups is 8. The Balaban J connectivity index is 0.000000212. The number of nitrogens with zero attached hydrogens (tertiary/aromatic N) is 8. The van der Waals surface area contributed by atoms with Crippen molar-refractivity contribution in [3.63, 3.8) is 0 Å². The molecule has 0 bridgehead atoms. The van der Waals surface area contributed by atoms with Crippen molar-refractivity contribution >= 4 is 105 Å². The first-order valence-electron chi connectivity index (χ1n) is 46.6. The maximum atomic E-state index is 12.2. The van der Waals surface area contributed by atoms with Gasteiger partial charge in [-0.1, -0.05) is 108 Å². The van der Waals surface area contributed by atoms with Crippen molar-refractivity contribution in [1.29, 1.82) is 0 Å². The van der Waals surface area contributed by atoms with E-state index < -0.39 is 0 Å². The van der Waals surface area contributed by atoms with Gasteiger partial charge in [-0.2, -0.15) is 15.3 Å². The van der Waals surface area contributed by atoms with Crippen molar-refractivity contribution in [1.82, 2.24) is 67.4 Å². The number of nitrogens with one attached hydrogen (secondary N) is 15. The lowest BCUT2D eigenvalue weighted by Crippen LogP contribution is -2.40. The predicted octanol–water partition coefficient (Wildman–Crippen LogP) is 15.2. The number of rotatable bonds is 29. The minimum absolute atomic E-state index is 0.0161. The van der Waals surface area contributed by atoms with Crippen LogP contribution in [0.5, 0.6) is 0 Å². The third kappa shape index (κ3) is 38.7. The Morgan fingerprint density at radius 1 is 0.444 bits per heavy atom. The van der Waals surface area contributed by atoms with Crippen molar-refractivity contribution in [3.8, 4) is 0 Å². The van der Waals surface area contributed by atoms with E-state index in [1.54, 1.807) is 53.4 Å². The average molecular weight is 1830 g/mol. The van der Waals surface area contributed by atoms with Gasteiger partial charge >= 0.3 is 0 Å². The topological polar surface area (TPSA) is 429 Å². The molecular formula is C101H145N23O9. The number of H-pyrrole nitrogens is 3. The molecule has 1 saturated heterocycles. The quantitative estimate of drug-likeness (QED) is 0.0194. The second-order valence-electron chi connectivity index (χ2n) is 36.0. The van der Waals surface area contributed by atoms with Crippen LogP contribution in [-0.2, 0) is 36.8 Å². The highest BCUT2D eigenvalue weighted by Crippen LogP contribution is 2.26. The normalized spacial score (nSPS) is 15.2. The molecule has 6 amide bonds. The van der Waals surface area contributed by atoms with Crippen LogP contribution in [0.3, 0.4) is 0 Å². The summed E-state index contributed by atoms with van der Waals surface area (Å²) >= 11 is 0. The second kappa shape index (κ2) is 54.6. The largest absolute Gasteiger partial charge is 0.378 e. The molecule has 8 heterocycles. The zero-order chi connectivity index (χ0) is 97.4. The number of aliphatic imine (C=N–C) groups is 4. The number of ketones is 2. The molecule has 15 N–H and O–H groups in total. The zero-order valence-corrected chi connectivity index (χ0v) is 82.0. The summed E-state index contributed by atoms with van der Waals surface area (Å²) in [4.78, 5) is 115. The van der Waals surface area contributed by atoms with Crippen LogP contribution in [0, 0.1) is 12.8 Å². The molecule has 2 fully saturated rings. The molecule has 718 valence electrons. The molecule has 0 spiro atoms. The van der Waals surface area contributed by atoms with Crippen molar-refractivity contribution in [2.45, 2.75) is 258 Å². The minimum atomic E-state index is -0.194. The van der Waals surface area contributed by atoms with Crippen LogP contribution in [0.1, 0.15) is 247 Å². The Hall–Kier alpha value is -13.1.